The molecule has 13 heavy (non-hydrogen) atoms. The van der Waals surface area contributed by atoms with Gasteiger partial charge in [-0.25, -0.2) is 23.5 Å². The molecular weight excluding hydrogens is 210 g/mol. The first-order chi connectivity index (χ1) is 6.08. The number of thioether (sulfide) groups is 1. The van der Waals surface area contributed by atoms with Crippen LogP contribution in [-0.2, 0) is 10.0 Å². The highest BCUT2D eigenvalue weighted by Crippen LogP contribution is 2.12. The Morgan fingerprint density at radius 2 is 2.31 bits per heavy atom. The van der Waals surface area contributed by atoms with Gasteiger partial charge in [-0.05, 0) is 6.07 Å². The molecule has 0 spiro atoms. The van der Waals surface area contributed by atoms with Gasteiger partial charge in [-0.1, -0.05) is 0 Å². The predicted molar refractivity (Wildman–Crippen MR) is 50.7 cm³/mol. The van der Waals surface area contributed by atoms with Crippen LogP contribution < -0.4 is 5.14 Å². The molecule has 0 amide bonds. The Kier molecular flexibility index (Phi) is 3.64. The van der Waals surface area contributed by atoms with Crippen LogP contribution in [0.1, 0.15) is 0 Å². The number of nitrogens with zero attached hydrogens (tertiary/aromatic N) is 2. The summed E-state index contributed by atoms with van der Waals surface area (Å²) in [6.07, 6.45) is 3.02. The Balaban J connectivity index is 2.37. The van der Waals surface area contributed by atoms with Crippen LogP contribution >= 0.6 is 11.8 Å². The van der Waals surface area contributed by atoms with Gasteiger partial charge < -0.3 is 0 Å². The van der Waals surface area contributed by atoms with Gasteiger partial charge >= 0.3 is 0 Å². The van der Waals surface area contributed by atoms with Crippen molar-refractivity contribution in [3.05, 3.63) is 18.6 Å². The molecule has 1 aromatic heterocycles. The minimum Gasteiger partial charge on any atom is -0.245 e. The molecule has 72 valence electrons. The van der Waals surface area contributed by atoms with Crippen molar-refractivity contribution >= 4 is 21.8 Å². The summed E-state index contributed by atoms with van der Waals surface area (Å²) in [5.41, 5.74) is 0. The van der Waals surface area contributed by atoms with E-state index in [4.69, 9.17) is 5.14 Å². The van der Waals surface area contributed by atoms with E-state index < -0.39 is 10.0 Å². The van der Waals surface area contributed by atoms with E-state index in [9.17, 15) is 8.42 Å². The van der Waals surface area contributed by atoms with Gasteiger partial charge in [0.15, 0.2) is 0 Å². The van der Waals surface area contributed by atoms with E-state index in [2.05, 4.69) is 9.97 Å². The zero-order chi connectivity index (χ0) is 9.73. The SMILES string of the molecule is NS(=O)(=O)CCSc1ccncn1. The lowest BCUT2D eigenvalue weighted by Crippen LogP contribution is -2.17. The lowest BCUT2D eigenvalue weighted by molar-refractivity contribution is 0.599. The van der Waals surface area contributed by atoms with Crippen molar-refractivity contribution in [3.63, 3.8) is 0 Å². The number of aromatic nitrogens is 2. The Labute approximate surface area is 80.8 Å². The Morgan fingerprint density at radius 3 is 2.85 bits per heavy atom. The molecule has 0 aromatic carbocycles. The van der Waals surface area contributed by atoms with E-state index >= 15 is 0 Å². The molecule has 0 fully saturated rings. The van der Waals surface area contributed by atoms with Gasteiger partial charge in [0, 0.05) is 11.9 Å². The van der Waals surface area contributed by atoms with Gasteiger partial charge in [-0.2, -0.15) is 0 Å². The van der Waals surface area contributed by atoms with Crippen LogP contribution in [0.5, 0.6) is 0 Å². The van der Waals surface area contributed by atoms with Crippen LogP contribution in [-0.4, -0.2) is 29.9 Å². The van der Waals surface area contributed by atoms with E-state index in [1.54, 1.807) is 12.3 Å². The van der Waals surface area contributed by atoms with E-state index in [0.29, 0.717) is 5.75 Å². The summed E-state index contributed by atoms with van der Waals surface area (Å²) in [5.74, 6) is 0.373. The number of rotatable bonds is 4. The maximum atomic E-state index is 10.6. The number of sulfonamides is 1. The highest BCUT2D eigenvalue weighted by atomic mass is 32.2. The molecule has 0 radical (unpaired) electrons. The van der Waals surface area contributed by atoms with Gasteiger partial charge in [0.1, 0.15) is 6.33 Å². The summed E-state index contributed by atoms with van der Waals surface area (Å²) in [4.78, 5) is 7.65. The van der Waals surface area contributed by atoms with Crippen molar-refractivity contribution in [3.8, 4) is 0 Å². The first kappa shape index (κ1) is 10.4. The van der Waals surface area contributed by atoms with E-state index in [0.717, 1.165) is 5.03 Å². The summed E-state index contributed by atoms with van der Waals surface area (Å²) in [6, 6.07) is 1.72. The minimum atomic E-state index is -3.36. The summed E-state index contributed by atoms with van der Waals surface area (Å²) in [6.45, 7) is 0. The van der Waals surface area contributed by atoms with Crippen LogP contribution in [0.4, 0.5) is 0 Å². The number of hydrogen-bond acceptors (Lipinski definition) is 5. The fourth-order valence-electron chi connectivity index (χ4n) is 0.626. The third-order valence-electron chi connectivity index (χ3n) is 1.17. The zero-order valence-electron chi connectivity index (χ0n) is 6.75. The molecule has 0 bridgehead atoms. The van der Waals surface area contributed by atoms with Crippen molar-refractivity contribution in [2.24, 2.45) is 5.14 Å². The topological polar surface area (TPSA) is 85.9 Å². The normalized spacial score (nSPS) is 11.5. The van der Waals surface area contributed by atoms with Crippen LogP contribution in [0.2, 0.25) is 0 Å². The fraction of sp³-hybridized carbons (Fsp3) is 0.333. The Hall–Kier alpha value is -0.660. The number of hydrogen-bond donors (Lipinski definition) is 1. The third kappa shape index (κ3) is 4.81. The maximum absolute atomic E-state index is 10.6. The molecule has 0 saturated carbocycles. The monoisotopic (exact) mass is 219 g/mol. The minimum absolute atomic E-state index is 0.0400. The summed E-state index contributed by atoms with van der Waals surface area (Å²) in [7, 11) is -3.36. The highest BCUT2D eigenvalue weighted by Gasteiger charge is 2.02. The average Bonchev–Trinajstić information content (AvgIpc) is 2.04. The van der Waals surface area contributed by atoms with Gasteiger partial charge in [-0.3, -0.25) is 0 Å². The van der Waals surface area contributed by atoms with Crippen molar-refractivity contribution in [1.29, 1.82) is 0 Å². The second-order valence-electron chi connectivity index (χ2n) is 2.26. The number of primary sulfonamides is 1. The zero-order valence-corrected chi connectivity index (χ0v) is 8.38. The standard InChI is InChI=1S/C6H9N3O2S2/c7-13(10,11)4-3-12-6-1-2-8-5-9-6/h1-2,5H,3-4H2,(H2,7,10,11). The van der Waals surface area contributed by atoms with Gasteiger partial charge in [0.25, 0.3) is 0 Å². The first-order valence-corrected chi connectivity index (χ1v) is 6.17. The van der Waals surface area contributed by atoms with Crippen molar-refractivity contribution in [2.75, 3.05) is 11.5 Å². The van der Waals surface area contributed by atoms with Crippen molar-refractivity contribution < 1.29 is 8.42 Å². The largest absolute Gasteiger partial charge is 0.245 e. The highest BCUT2D eigenvalue weighted by molar-refractivity contribution is 8.00. The molecule has 0 aliphatic carbocycles. The third-order valence-corrected chi connectivity index (χ3v) is 3.15. The summed E-state index contributed by atoms with van der Waals surface area (Å²) in [5, 5.41) is 5.57. The van der Waals surface area contributed by atoms with Gasteiger partial charge in [0.05, 0.1) is 10.8 Å². The molecule has 0 saturated heterocycles. The van der Waals surface area contributed by atoms with Crippen LogP contribution in [0.15, 0.2) is 23.6 Å². The van der Waals surface area contributed by atoms with Crippen molar-refractivity contribution in [1.82, 2.24) is 9.97 Å². The Bertz CT molecular complexity index is 351. The molecule has 2 N–H and O–H groups in total. The smallest absolute Gasteiger partial charge is 0.209 e. The fourth-order valence-corrected chi connectivity index (χ4v) is 2.38. The van der Waals surface area contributed by atoms with E-state index in [-0.39, 0.29) is 5.75 Å². The average molecular weight is 219 g/mol. The Morgan fingerprint density at radius 1 is 1.54 bits per heavy atom. The van der Waals surface area contributed by atoms with Crippen LogP contribution in [0.25, 0.3) is 0 Å². The quantitative estimate of drug-likeness (QED) is 0.562. The molecule has 1 rings (SSSR count). The van der Waals surface area contributed by atoms with Crippen LogP contribution in [0, 0.1) is 0 Å². The van der Waals surface area contributed by atoms with E-state index in [1.165, 1.54) is 18.1 Å². The molecule has 1 aromatic rings. The van der Waals surface area contributed by atoms with Gasteiger partial charge in [-0.15, -0.1) is 11.8 Å². The molecule has 5 nitrogen and oxygen atoms in total. The molecule has 0 aliphatic heterocycles. The maximum Gasteiger partial charge on any atom is 0.209 e. The van der Waals surface area contributed by atoms with E-state index in [1.807, 2.05) is 0 Å². The second kappa shape index (κ2) is 4.54. The summed E-state index contributed by atoms with van der Waals surface area (Å²) < 4.78 is 21.1. The lowest BCUT2D eigenvalue weighted by Gasteiger charge is -1.97. The molecule has 0 aliphatic rings. The number of nitrogens with two attached hydrogens (primary N) is 1. The molecule has 0 atom stereocenters. The lowest BCUT2D eigenvalue weighted by atomic mass is 10.7. The molecule has 1 heterocycles. The van der Waals surface area contributed by atoms with Crippen LogP contribution in [0.3, 0.4) is 0 Å². The van der Waals surface area contributed by atoms with Crippen molar-refractivity contribution in [2.45, 2.75) is 5.03 Å². The molecule has 7 heteroatoms. The second-order valence-corrected chi connectivity index (χ2v) is 5.11. The molecular formula is C6H9N3O2S2. The van der Waals surface area contributed by atoms with Gasteiger partial charge in [0.2, 0.25) is 10.0 Å². The predicted octanol–water partition coefficient (Wildman–Crippen LogP) is -0.143. The molecule has 0 unspecified atom stereocenters. The summed E-state index contributed by atoms with van der Waals surface area (Å²) >= 11 is 1.34. The first-order valence-electron chi connectivity index (χ1n) is 3.47.